The summed E-state index contributed by atoms with van der Waals surface area (Å²) in [5.41, 5.74) is 1.26. The Hall–Kier alpha value is -1.22. The topological polar surface area (TPSA) is 30.5 Å². The van der Waals surface area contributed by atoms with E-state index in [2.05, 4.69) is 17.4 Å². The lowest BCUT2D eigenvalue weighted by Crippen LogP contribution is -2.28. The van der Waals surface area contributed by atoms with Crippen molar-refractivity contribution in [3.05, 3.63) is 23.8 Å². The van der Waals surface area contributed by atoms with Gasteiger partial charge in [0.25, 0.3) is 0 Å². The first-order chi connectivity index (χ1) is 8.38. The summed E-state index contributed by atoms with van der Waals surface area (Å²) in [4.78, 5) is 0. The maximum Gasteiger partial charge on any atom is 0.165 e. The van der Waals surface area contributed by atoms with E-state index in [1.807, 2.05) is 13.0 Å². The summed E-state index contributed by atoms with van der Waals surface area (Å²) in [6.07, 6.45) is 3.69. The first-order valence-corrected chi connectivity index (χ1v) is 6.53. The lowest BCUT2D eigenvalue weighted by molar-refractivity contribution is 0.231. The van der Waals surface area contributed by atoms with E-state index in [0.29, 0.717) is 12.6 Å². The Balaban J connectivity index is 1.87. The average Bonchev–Trinajstić information content (AvgIpc) is 3.15. The molecule has 1 aliphatic carbocycles. The molecule has 1 atom stereocenters. The molecule has 2 aliphatic rings. The van der Waals surface area contributed by atoms with E-state index in [9.17, 15) is 0 Å². The first-order valence-electron chi connectivity index (χ1n) is 6.53. The van der Waals surface area contributed by atoms with E-state index in [4.69, 9.17) is 9.47 Å². The third kappa shape index (κ3) is 2.25. The average molecular weight is 233 g/mol. The minimum Gasteiger partial charge on any atom is -0.490 e. The Morgan fingerprint density at radius 1 is 1.35 bits per heavy atom. The van der Waals surface area contributed by atoms with Crippen molar-refractivity contribution in [1.29, 1.82) is 0 Å². The van der Waals surface area contributed by atoms with Crippen molar-refractivity contribution in [2.75, 3.05) is 13.2 Å². The van der Waals surface area contributed by atoms with E-state index in [-0.39, 0.29) is 0 Å². The van der Waals surface area contributed by atoms with Crippen molar-refractivity contribution >= 4 is 0 Å². The lowest BCUT2D eigenvalue weighted by Gasteiger charge is -2.28. The highest BCUT2D eigenvalue weighted by Crippen LogP contribution is 2.40. The third-order valence-corrected chi connectivity index (χ3v) is 3.35. The molecule has 17 heavy (non-hydrogen) atoms. The number of benzene rings is 1. The number of para-hydroxylation sites is 1. The van der Waals surface area contributed by atoms with Crippen LogP contribution in [0.5, 0.6) is 11.5 Å². The number of rotatable bonds is 4. The molecule has 1 aromatic carbocycles. The maximum absolute atomic E-state index is 5.77. The minimum atomic E-state index is 0.437. The van der Waals surface area contributed by atoms with Crippen LogP contribution in [-0.4, -0.2) is 19.3 Å². The van der Waals surface area contributed by atoms with Crippen LogP contribution in [0.25, 0.3) is 0 Å². The predicted molar refractivity (Wildman–Crippen MR) is 66.6 cm³/mol. The van der Waals surface area contributed by atoms with Gasteiger partial charge in [-0.1, -0.05) is 12.1 Å². The summed E-state index contributed by atoms with van der Waals surface area (Å²) in [6.45, 7) is 3.46. The lowest BCUT2D eigenvalue weighted by atomic mass is 10.00. The van der Waals surface area contributed by atoms with Gasteiger partial charge in [0.1, 0.15) is 0 Å². The summed E-state index contributed by atoms with van der Waals surface area (Å²) >= 11 is 0. The van der Waals surface area contributed by atoms with E-state index in [1.165, 1.54) is 18.4 Å². The number of nitrogens with one attached hydrogen (secondary N) is 1. The Morgan fingerprint density at radius 2 is 2.24 bits per heavy atom. The molecule has 1 aromatic rings. The second kappa shape index (κ2) is 4.57. The molecule has 1 heterocycles. The van der Waals surface area contributed by atoms with Crippen molar-refractivity contribution < 1.29 is 9.47 Å². The molecule has 0 saturated heterocycles. The number of hydrogen-bond donors (Lipinski definition) is 1. The fourth-order valence-corrected chi connectivity index (χ4v) is 2.37. The predicted octanol–water partition coefficient (Wildman–Crippen LogP) is 2.66. The normalized spacial score (nSPS) is 22.8. The highest BCUT2D eigenvalue weighted by atomic mass is 16.5. The van der Waals surface area contributed by atoms with E-state index < -0.39 is 0 Å². The largest absolute Gasteiger partial charge is 0.490 e. The van der Waals surface area contributed by atoms with Gasteiger partial charge in [-0.25, -0.2) is 0 Å². The Labute approximate surface area is 102 Å². The summed E-state index contributed by atoms with van der Waals surface area (Å²) in [5.74, 6) is 1.83. The molecule has 3 heteroatoms. The molecule has 92 valence electrons. The molecule has 0 radical (unpaired) electrons. The van der Waals surface area contributed by atoms with Crippen LogP contribution in [-0.2, 0) is 0 Å². The molecule has 1 unspecified atom stereocenters. The quantitative estimate of drug-likeness (QED) is 0.867. The van der Waals surface area contributed by atoms with Gasteiger partial charge in [0.2, 0.25) is 0 Å². The van der Waals surface area contributed by atoms with Crippen molar-refractivity contribution in [1.82, 2.24) is 5.32 Å². The van der Waals surface area contributed by atoms with E-state index in [0.717, 1.165) is 30.6 Å². The number of ether oxygens (including phenoxy) is 2. The van der Waals surface area contributed by atoms with Crippen LogP contribution in [0.15, 0.2) is 18.2 Å². The van der Waals surface area contributed by atoms with Crippen molar-refractivity contribution in [2.24, 2.45) is 0 Å². The molecule has 0 amide bonds. The summed E-state index contributed by atoms with van der Waals surface area (Å²) in [6, 6.07) is 7.35. The number of fused-ring (bicyclic) bond motifs is 1. The highest BCUT2D eigenvalue weighted by Gasteiger charge is 2.30. The molecule has 1 saturated carbocycles. The van der Waals surface area contributed by atoms with Crippen molar-refractivity contribution in [3.63, 3.8) is 0 Å². The van der Waals surface area contributed by atoms with Crippen LogP contribution in [0.3, 0.4) is 0 Å². The van der Waals surface area contributed by atoms with Gasteiger partial charge in [0, 0.05) is 24.1 Å². The molecule has 0 bridgehead atoms. The minimum absolute atomic E-state index is 0.437. The SMILES string of the molecule is CCOc1cccc2c1OCCC2NC1CC1. The summed E-state index contributed by atoms with van der Waals surface area (Å²) in [7, 11) is 0. The Morgan fingerprint density at radius 3 is 3.00 bits per heavy atom. The van der Waals surface area contributed by atoms with Gasteiger partial charge < -0.3 is 14.8 Å². The van der Waals surface area contributed by atoms with E-state index in [1.54, 1.807) is 0 Å². The van der Waals surface area contributed by atoms with Gasteiger partial charge in [-0.05, 0) is 25.8 Å². The molecule has 1 aliphatic heterocycles. The molecular weight excluding hydrogens is 214 g/mol. The van der Waals surface area contributed by atoms with Gasteiger partial charge >= 0.3 is 0 Å². The highest BCUT2D eigenvalue weighted by molar-refractivity contribution is 5.49. The van der Waals surface area contributed by atoms with Gasteiger partial charge in [-0.15, -0.1) is 0 Å². The van der Waals surface area contributed by atoms with Crippen molar-refractivity contribution in [2.45, 2.75) is 38.3 Å². The second-order valence-electron chi connectivity index (χ2n) is 4.74. The standard InChI is InChI=1S/C14H19NO2/c1-2-16-13-5-3-4-11-12(15-10-6-7-10)8-9-17-14(11)13/h3-5,10,12,15H,2,6-9H2,1H3. The van der Waals surface area contributed by atoms with Crippen LogP contribution >= 0.6 is 0 Å². The van der Waals surface area contributed by atoms with Crippen LogP contribution in [0, 0.1) is 0 Å². The fraction of sp³-hybridized carbons (Fsp3) is 0.571. The van der Waals surface area contributed by atoms with Gasteiger partial charge in [-0.2, -0.15) is 0 Å². The van der Waals surface area contributed by atoms with Crippen LogP contribution in [0.1, 0.15) is 37.8 Å². The van der Waals surface area contributed by atoms with Crippen LogP contribution in [0.4, 0.5) is 0 Å². The molecule has 0 spiro atoms. The molecule has 1 N–H and O–H groups in total. The Kier molecular flexibility index (Phi) is 2.93. The zero-order valence-electron chi connectivity index (χ0n) is 10.2. The van der Waals surface area contributed by atoms with Crippen molar-refractivity contribution in [3.8, 4) is 11.5 Å². The maximum atomic E-state index is 5.77. The smallest absolute Gasteiger partial charge is 0.165 e. The molecule has 0 aromatic heterocycles. The second-order valence-corrected chi connectivity index (χ2v) is 4.74. The van der Waals surface area contributed by atoms with Gasteiger partial charge in [0.05, 0.1) is 13.2 Å². The monoisotopic (exact) mass is 233 g/mol. The van der Waals surface area contributed by atoms with Crippen LogP contribution in [0.2, 0.25) is 0 Å². The van der Waals surface area contributed by atoms with Gasteiger partial charge in [-0.3, -0.25) is 0 Å². The third-order valence-electron chi connectivity index (χ3n) is 3.35. The first kappa shape index (κ1) is 10.9. The summed E-state index contributed by atoms with van der Waals surface area (Å²) < 4.78 is 11.4. The molecule has 3 rings (SSSR count). The summed E-state index contributed by atoms with van der Waals surface area (Å²) in [5, 5.41) is 3.68. The zero-order chi connectivity index (χ0) is 11.7. The fourth-order valence-electron chi connectivity index (χ4n) is 2.37. The molecular formula is C14H19NO2. The molecule has 3 nitrogen and oxygen atoms in total. The van der Waals surface area contributed by atoms with Crippen LogP contribution < -0.4 is 14.8 Å². The number of hydrogen-bond acceptors (Lipinski definition) is 3. The Bertz CT molecular complexity index is 401. The zero-order valence-corrected chi connectivity index (χ0v) is 10.2. The van der Waals surface area contributed by atoms with E-state index >= 15 is 0 Å². The molecule has 1 fully saturated rings. The van der Waals surface area contributed by atoms with Gasteiger partial charge in [0.15, 0.2) is 11.5 Å².